The van der Waals surface area contributed by atoms with E-state index in [9.17, 15) is 0 Å². The summed E-state index contributed by atoms with van der Waals surface area (Å²) in [6.45, 7) is 0. The number of hydrogen-bond acceptors (Lipinski definition) is 2. The third-order valence-corrected chi connectivity index (χ3v) is 11.7. The molecule has 0 atom stereocenters. The fourth-order valence-electron chi connectivity index (χ4n) is 8.88. The van der Waals surface area contributed by atoms with Gasteiger partial charge in [0.25, 0.3) is 0 Å². The Bertz CT molecular complexity index is 3260. The van der Waals surface area contributed by atoms with E-state index in [2.05, 4.69) is 215 Å². The van der Waals surface area contributed by atoms with Gasteiger partial charge in [-0.25, -0.2) is 9.98 Å². The number of para-hydroxylation sites is 2. The van der Waals surface area contributed by atoms with E-state index in [0.717, 1.165) is 58.6 Å². The Hall–Kier alpha value is -7.56. The van der Waals surface area contributed by atoms with Gasteiger partial charge in [0, 0.05) is 39.2 Å². The maximum Gasteiger partial charge on any atom is 0.161 e. The van der Waals surface area contributed by atoms with E-state index in [-0.39, 0.29) is 0 Å². The molecule has 0 saturated carbocycles. The van der Waals surface area contributed by atoms with Crippen LogP contribution in [0.2, 0.25) is 0 Å². The zero-order chi connectivity index (χ0) is 39.1. The summed E-state index contributed by atoms with van der Waals surface area (Å²) >= 11 is 0. The van der Waals surface area contributed by atoms with E-state index in [1.165, 1.54) is 54.8 Å². The molecule has 0 bridgehead atoms. The monoisotopic (exact) mass is 756 g/mol. The lowest BCUT2D eigenvalue weighted by Crippen LogP contribution is -2.15. The summed E-state index contributed by atoms with van der Waals surface area (Å²) in [7, 11) is 0. The Morgan fingerprint density at radius 3 is 1.54 bits per heavy atom. The molecule has 4 heteroatoms. The van der Waals surface area contributed by atoms with Crippen molar-refractivity contribution in [3.63, 3.8) is 0 Å². The molecule has 0 aliphatic carbocycles. The quantitative estimate of drug-likeness (QED) is 0.168. The number of hydrogen-bond donors (Lipinski definition) is 0. The standard InChI is InChI=1S/C55H40N4/c1-4-17-38(18-5-1)40-31-33-41(34-32-40)49-27-12-15-30-52(57-55(56-49)42-21-8-3-9-22-42)59-51-29-14-11-26-46(51)48-36-35-47-45-25-10-13-28-50(45)58(53(47)54(48)59)44-24-16-23-43(37-44)39-19-6-2-7-20-39/h1-11,13-14,16-29,31-37H,12,15,30H2. The van der Waals surface area contributed by atoms with Crippen molar-refractivity contribution < 1.29 is 0 Å². The number of allylic oxidation sites excluding steroid dienone is 1. The van der Waals surface area contributed by atoms with Crippen LogP contribution in [0.15, 0.2) is 216 Å². The highest BCUT2D eigenvalue weighted by atomic mass is 15.1. The molecule has 280 valence electrons. The fraction of sp³-hybridized carbons (Fsp3) is 0.0545. The van der Waals surface area contributed by atoms with E-state index in [1.807, 2.05) is 0 Å². The van der Waals surface area contributed by atoms with Gasteiger partial charge in [-0.1, -0.05) is 182 Å². The second-order valence-electron chi connectivity index (χ2n) is 15.2. The van der Waals surface area contributed by atoms with Crippen LogP contribution in [-0.4, -0.2) is 20.8 Å². The van der Waals surface area contributed by atoms with Crippen LogP contribution in [0.5, 0.6) is 0 Å². The summed E-state index contributed by atoms with van der Waals surface area (Å²) in [5.74, 6) is 1.69. The minimum Gasteiger partial charge on any atom is -0.307 e. The van der Waals surface area contributed by atoms with Crippen molar-refractivity contribution in [2.24, 2.45) is 9.98 Å². The Balaban J connectivity index is 1.16. The largest absolute Gasteiger partial charge is 0.307 e. The van der Waals surface area contributed by atoms with Crippen LogP contribution >= 0.6 is 0 Å². The third kappa shape index (κ3) is 6.18. The molecule has 59 heavy (non-hydrogen) atoms. The van der Waals surface area contributed by atoms with Gasteiger partial charge >= 0.3 is 0 Å². The van der Waals surface area contributed by atoms with Gasteiger partial charge in [0.05, 0.1) is 27.8 Å². The zero-order valence-corrected chi connectivity index (χ0v) is 32.5. The van der Waals surface area contributed by atoms with Crippen LogP contribution in [-0.2, 0) is 0 Å². The lowest BCUT2D eigenvalue weighted by atomic mass is 10.0. The normalized spacial score (nSPS) is 13.5. The SMILES string of the molecule is C1=C(c2ccc(-c3ccccc3)cc2)N=C(c2ccccc2)N=C(n2c3ccccc3c3ccc4c5ccccc5n(-c5cccc(-c6ccccc6)c5)c4c32)CCC1. The van der Waals surface area contributed by atoms with Gasteiger partial charge in [0.1, 0.15) is 5.84 Å². The lowest BCUT2D eigenvalue weighted by Gasteiger charge is -2.15. The highest BCUT2D eigenvalue weighted by Crippen LogP contribution is 2.41. The van der Waals surface area contributed by atoms with Crippen LogP contribution in [0.4, 0.5) is 0 Å². The molecule has 0 spiro atoms. The van der Waals surface area contributed by atoms with Gasteiger partial charge in [0.2, 0.25) is 0 Å². The van der Waals surface area contributed by atoms with E-state index in [0.29, 0.717) is 5.84 Å². The van der Waals surface area contributed by atoms with E-state index in [4.69, 9.17) is 9.98 Å². The number of amidine groups is 1. The van der Waals surface area contributed by atoms with E-state index < -0.39 is 0 Å². The number of fused-ring (bicyclic) bond motifs is 7. The van der Waals surface area contributed by atoms with Gasteiger partial charge in [-0.3, -0.25) is 4.57 Å². The number of rotatable bonds is 5. The van der Waals surface area contributed by atoms with Crippen molar-refractivity contribution in [3.05, 3.63) is 217 Å². The molecule has 0 saturated heterocycles. The molecular formula is C55H40N4. The lowest BCUT2D eigenvalue weighted by molar-refractivity contribution is 0.877. The van der Waals surface area contributed by atoms with Crippen LogP contribution < -0.4 is 0 Å². The first-order valence-corrected chi connectivity index (χ1v) is 20.5. The molecule has 0 amide bonds. The van der Waals surface area contributed by atoms with Gasteiger partial charge in [-0.15, -0.1) is 0 Å². The zero-order valence-electron chi connectivity index (χ0n) is 32.5. The molecule has 11 rings (SSSR count). The third-order valence-electron chi connectivity index (χ3n) is 11.7. The highest BCUT2D eigenvalue weighted by molar-refractivity contribution is 6.26. The molecule has 1 aliphatic rings. The first-order valence-electron chi connectivity index (χ1n) is 20.5. The summed E-state index contributed by atoms with van der Waals surface area (Å²) < 4.78 is 4.91. The summed E-state index contributed by atoms with van der Waals surface area (Å²) in [5, 5.41) is 4.85. The average molecular weight is 757 g/mol. The van der Waals surface area contributed by atoms with Crippen LogP contribution in [0.1, 0.15) is 30.4 Å². The molecule has 2 aromatic heterocycles. The maximum absolute atomic E-state index is 5.65. The van der Waals surface area contributed by atoms with Crippen molar-refractivity contribution >= 4 is 61.0 Å². The fourth-order valence-corrected chi connectivity index (χ4v) is 8.88. The smallest absolute Gasteiger partial charge is 0.161 e. The summed E-state index contributed by atoms with van der Waals surface area (Å²) in [6, 6.07) is 71.6. The second kappa shape index (κ2) is 14.7. The van der Waals surface area contributed by atoms with Crippen LogP contribution in [0.3, 0.4) is 0 Å². The molecule has 3 heterocycles. The van der Waals surface area contributed by atoms with Crippen LogP contribution in [0.25, 0.3) is 77.2 Å². The molecule has 10 aromatic rings. The molecule has 1 aliphatic heterocycles. The van der Waals surface area contributed by atoms with Crippen LogP contribution in [0, 0.1) is 0 Å². The van der Waals surface area contributed by atoms with Crippen molar-refractivity contribution in [1.82, 2.24) is 9.13 Å². The Morgan fingerprint density at radius 2 is 0.881 bits per heavy atom. The molecule has 4 nitrogen and oxygen atoms in total. The summed E-state index contributed by atoms with van der Waals surface area (Å²) in [5.41, 5.74) is 13.5. The van der Waals surface area contributed by atoms with E-state index in [1.54, 1.807) is 0 Å². The summed E-state index contributed by atoms with van der Waals surface area (Å²) in [6.07, 6.45) is 4.87. The van der Waals surface area contributed by atoms with Crippen molar-refractivity contribution in [2.45, 2.75) is 19.3 Å². The highest BCUT2D eigenvalue weighted by Gasteiger charge is 2.23. The molecule has 0 fully saturated rings. The predicted octanol–water partition coefficient (Wildman–Crippen LogP) is 14.1. The Kier molecular flexibility index (Phi) is 8.66. The Labute approximate surface area is 343 Å². The van der Waals surface area contributed by atoms with Gasteiger partial charge in [-0.2, -0.15) is 0 Å². The average Bonchev–Trinajstić information content (AvgIpc) is 3.86. The maximum atomic E-state index is 5.65. The molecule has 0 N–H and O–H groups in total. The van der Waals surface area contributed by atoms with Gasteiger partial charge in [0.15, 0.2) is 5.84 Å². The molecule has 8 aromatic carbocycles. The van der Waals surface area contributed by atoms with Crippen molar-refractivity contribution in [1.29, 1.82) is 0 Å². The first-order chi connectivity index (χ1) is 29.3. The molecular weight excluding hydrogens is 717 g/mol. The van der Waals surface area contributed by atoms with Crippen molar-refractivity contribution in [3.8, 4) is 27.9 Å². The van der Waals surface area contributed by atoms with E-state index >= 15 is 0 Å². The second-order valence-corrected chi connectivity index (χ2v) is 15.2. The minimum absolute atomic E-state index is 0.704. The Morgan fingerprint density at radius 1 is 0.373 bits per heavy atom. The van der Waals surface area contributed by atoms with Gasteiger partial charge < -0.3 is 4.57 Å². The van der Waals surface area contributed by atoms with Crippen molar-refractivity contribution in [2.75, 3.05) is 0 Å². The first kappa shape index (κ1) is 34.7. The topological polar surface area (TPSA) is 34.6 Å². The molecule has 0 unspecified atom stereocenters. The number of aromatic nitrogens is 2. The number of aliphatic imine (C=N–C) groups is 2. The number of nitrogens with zero attached hydrogens (tertiary/aromatic N) is 4. The minimum atomic E-state index is 0.704. The van der Waals surface area contributed by atoms with Gasteiger partial charge in [-0.05, 0) is 64.9 Å². The number of benzene rings is 8. The summed E-state index contributed by atoms with van der Waals surface area (Å²) in [4.78, 5) is 11.1. The molecule has 0 radical (unpaired) electrons. The predicted molar refractivity (Wildman–Crippen MR) is 249 cm³/mol.